The third-order valence-corrected chi connectivity index (χ3v) is 2.90. The number of rotatable bonds is 5. The molecule has 0 saturated carbocycles. The summed E-state index contributed by atoms with van der Waals surface area (Å²) in [4.78, 5) is 7.22. The minimum atomic E-state index is -4.49. The van der Waals surface area contributed by atoms with Gasteiger partial charge >= 0.3 is 6.18 Å². The average Bonchev–Trinajstić information content (AvgIpc) is 2.33. The molecule has 8 heteroatoms. The van der Waals surface area contributed by atoms with E-state index in [0.29, 0.717) is 18.7 Å². The molecule has 4 nitrogen and oxygen atoms in total. The molecule has 1 rings (SSSR count). The Morgan fingerprint density at radius 2 is 1.85 bits per heavy atom. The van der Waals surface area contributed by atoms with Crippen molar-refractivity contribution in [2.24, 2.45) is 5.73 Å². The van der Waals surface area contributed by atoms with E-state index in [1.54, 1.807) is 11.9 Å². The van der Waals surface area contributed by atoms with E-state index in [2.05, 4.69) is 4.98 Å². The Kier molecular flexibility index (Phi) is 5.29. The second kappa shape index (κ2) is 6.36. The summed E-state index contributed by atoms with van der Waals surface area (Å²) in [5, 5.41) is 0. The van der Waals surface area contributed by atoms with Gasteiger partial charge in [-0.25, -0.2) is 4.98 Å². The highest BCUT2D eigenvalue weighted by Gasteiger charge is 2.33. The van der Waals surface area contributed by atoms with E-state index in [9.17, 15) is 13.2 Å². The van der Waals surface area contributed by atoms with Gasteiger partial charge < -0.3 is 15.5 Å². The third-order valence-electron chi connectivity index (χ3n) is 2.68. The van der Waals surface area contributed by atoms with Gasteiger partial charge in [0.25, 0.3) is 0 Å². The highest BCUT2D eigenvalue weighted by Crippen LogP contribution is 2.30. The van der Waals surface area contributed by atoms with Crippen molar-refractivity contribution in [3.8, 4) is 0 Å². The van der Waals surface area contributed by atoms with Crippen LogP contribution in [-0.2, 0) is 6.18 Å². The van der Waals surface area contributed by atoms with Crippen molar-refractivity contribution in [2.45, 2.75) is 6.18 Å². The molecular weight excluding hydrogens is 289 g/mol. The maximum absolute atomic E-state index is 12.7. The molecule has 0 saturated heterocycles. The zero-order valence-electron chi connectivity index (χ0n) is 11.5. The predicted molar refractivity (Wildman–Crippen MR) is 77.0 cm³/mol. The van der Waals surface area contributed by atoms with Gasteiger partial charge in [-0.2, -0.15) is 13.2 Å². The Balaban J connectivity index is 3.15. The van der Waals surface area contributed by atoms with Gasteiger partial charge in [0.15, 0.2) is 0 Å². The van der Waals surface area contributed by atoms with Gasteiger partial charge in [-0.15, -0.1) is 0 Å². The van der Waals surface area contributed by atoms with Crippen LogP contribution in [0.4, 0.5) is 19.0 Å². The fourth-order valence-corrected chi connectivity index (χ4v) is 1.70. The van der Waals surface area contributed by atoms with Gasteiger partial charge in [0.1, 0.15) is 16.5 Å². The minimum Gasteiger partial charge on any atom is -0.389 e. The summed E-state index contributed by atoms with van der Waals surface area (Å²) >= 11 is 4.86. The van der Waals surface area contributed by atoms with Crippen LogP contribution in [-0.4, -0.2) is 49.1 Å². The van der Waals surface area contributed by atoms with Crippen molar-refractivity contribution < 1.29 is 13.2 Å². The first-order valence-electron chi connectivity index (χ1n) is 5.87. The van der Waals surface area contributed by atoms with E-state index >= 15 is 0 Å². The topological polar surface area (TPSA) is 45.4 Å². The Morgan fingerprint density at radius 1 is 1.25 bits per heavy atom. The maximum atomic E-state index is 12.7. The number of aromatic nitrogens is 1. The number of nitrogens with zero attached hydrogens (tertiary/aromatic N) is 3. The van der Waals surface area contributed by atoms with Crippen LogP contribution in [0.15, 0.2) is 12.1 Å². The molecule has 0 spiro atoms. The molecule has 2 N–H and O–H groups in total. The first kappa shape index (κ1) is 16.6. The van der Waals surface area contributed by atoms with Gasteiger partial charge in [0.05, 0.1) is 5.56 Å². The molecule has 0 atom stereocenters. The molecule has 0 fully saturated rings. The van der Waals surface area contributed by atoms with E-state index < -0.39 is 11.9 Å². The van der Waals surface area contributed by atoms with Crippen molar-refractivity contribution in [2.75, 3.05) is 39.1 Å². The summed E-state index contributed by atoms with van der Waals surface area (Å²) in [6, 6.07) is 2.15. The quantitative estimate of drug-likeness (QED) is 0.840. The number of hydrogen-bond acceptors (Lipinski definition) is 4. The smallest absolute Gasteiger partial charge is 0.389 e. The summed E-state index contributed by atoms with van der Waals surface area (Å²) in [7, 11) is 5.41. The highest BCUT2D eigenvalue weighted by molar-refractivity contribution is 7.80. The first-order chi connectivity index (χ1) is 9.12. The Bertz CT molecular complexity index is 488. The summed E-state index contributed by atoms with van der Waals surface area (Å²) in [6.07, 6.45) is -4.49. The van der Waals surface area contributed by atoms with Crippen LogP contribution in [0, 0.1) is 0 Å². The molecule has 112 valence electrons. The molecule has 1 aromatic rings. The second-order valence-electron chi connectivity index (χ2n) is 4.65. The van der Waals surface area contributed by atoms with Crippen LogP contribution in [0.5, 0.6) is 0 Å². The number of pyridine rings is 1. The molecule has 0 aliphatic heterocycles. The molecule has 0 radical (unpaired) electrons. The van der Waals surface area contributed by atoms with E-state index in [-0.39, 0.29) is 10.8 Å². The maximum Gasteiger partial charge on any atom is 0.433 e. The van der Waals surface area contributed by atoms with Crippen LogP contribution in [0.2, 0.25) is 0 Å². The minimum absolute atomic E-state index is 0.0259. The number of nitrogens with two attached hydrogens (primary N) is 1. The molecule has 0 aliphatic carbocycles. The lowest BCUT2D eigenvalue weighted by Crippen LogP contribution is -2.31. The van der Waals surface area contributed by atoms with Gasteiger partial charge in [-0.3, -0.25) is 0 Å². The molecule has 0 aliphatic rings. The van der Waals surface area contributed by atoms with Gasteiger partial charge in [-0.05, 0) is 26.2 Å². The van der Waals surface area contributed by atoms with Gasteiger partial charge in [0, 0.05) is 20.1 Å². The average molecular weight is 306 g/mol. The number of alkyl halides is 3. The predicted octanol–water partition coefficient (Wildman–Crippen LogP) is 1.73. The summed E-state index contributed by atoms with van der Waals surface area (Å²) in [6.45, 7) is 1.18. The number of halogens is 3. The van der Waals surface area contributed by atoms with Crippen molar-refractivity contribution in [3.63, 3.8) is 0 Å². The van der Waals surface area contributed by atoms with Gasteiger partial charge in [0.2, 0.25) is 0 Å². The zero-order valence-corrected chi connectivity index (χ0v) is 12.3. The molecular formula is C12H17F3N4S. The fraction of sp³-hybridized carbons (Fsp3) is 0.500. The highest BCUT2D eigenvalue weighted by atomic mass is 32.1. The zero-order chi connectivity index (χ0) is 15.5. The van der Waals surface area contributed by atoms with Crippen molar-refractivity contribution in [3.05, 3.63) is 23.4 Å². The van der Waals surface area contributed by atoms with E-state index in [4.69, 9.17) is 18.0 Å². The molecule has 1 aromatic heterocycles. The number of hydrogen-bond donors (Lipinski definition) is 1. The van der Waals surface area contributed by atoms with Crippen LogP contribution < -0.4 is 10.6 Å². The fourth-order valence-electron chi connectivity index (χ4n) is 1.55. The summed E-state index contributed by atoms with van der Waals surface area (Å²) < 4.78 is 38.2. The largest absolute Gasteiger partial charge is 0.433 e. The summed E-state index contributed by atoms with van der Waals surface area (Å²) in [5.74, 6) is 0.147. The lowest BCUT2D eigenvalue weighted by atomic mass is 10.2. The van der Waals surface area contributed by atoms with E-state index in [0.717, 1.165) is 6.07 Å². The first-order valence-corrected chi connectivity index (χ1v) is 6.27. The molecule has 0 bridgehead atoms. The third kappa shape index (κ3) is 4.31. The van der Waals surface area contributed by atoms with Crippen molar-refractivity contribution >= 4 is 23.0 Å². The number of likely N-dealkylation sites (N-methyl/N-ethyl adjacent to an activating group) is 2. The normalized spacial score (nSPS) is 11.8. The Labute approximate surface area is 121 Å². The van der Waals surface area contributed by atoms with Crippen LogP contribution in [0.25, 0.3) is 0 Å². The number of thiocarbonyl (C=S) groups is 1. The SMILES string of the molecule is CN(C)CCN(C)c1nc(C(F)(F)F)ccc1C(N)=S. The van der Waals surface area contributed by atoms with Gasteiger partial charge in [-0.1, -0.05) is 12.2 Å². The van der Waals surface area contributed by atoms with Crippen LogP contribution in [0.1, 0.15) is 11.3 Å². The summed E-state index contributed by atoms with van der Waals surface area (Å²) in [5.41, 5.74) is 4.93. The standard InChI is InChI=1S/C12H17F3N4S/c1-18(2)6-7-19(3)11-8(10(16)20)4-5-9(17-11)12(13,14)15/h4-5H,6-7H2,1-3H3,(H2,16,20). The lowest BCUT2D eigenvalue weighted by molar-refractivity contribution is -0.141. The van der Waals surface area contributed by atoms with Crippen molar-refractivity contribution in [1.29, 1.82) is 0 Å². The van der Waals surface area contributed by atoms with Crippen LogP contribution >= 0.6 is 12.2 Å². The Morgan fingerprint density at radius 3 is 2.30 bits per heavy atom. The second-order valence-corrected chi connectivity index (χ2v) is 5.09. The van der Waals surface area contributed by atoms with E-state index in [1.807, 2.05) is 19.0 Å². The Hall–Kier alpha value is -1.41. The molecule has 0 aromatic carbocycles. The van der Waals surface area contributed by atoms with Crippen LogP contribution in [0.3, 0.4) is 0 Å². The molecule has 0 amide bonds. The monoisotopic (exact) mass is 306 g/mol. The molecule has 0 unspecified atom stereocenters. The van der Waals surface area contributed by atoms with E-state index in [1.165, 1.54) is 6.07 Å². The number of anilines is 1. The van der Waals surface area contributed by atoms with Crippen molar-refractivity contribution in [1.82, 2.24) is 9.88 Å². The molecule has 1 heterocycles. The molecule has 20 heavy (non-hydrogen) atoms. The lowest BCUT2D eigenvalue weighted by Gasteiger charge is -2.23.